The first-order chi connectivity index (χ1) is 16.0. The predicted molar refractivity (Wildman–Crippen MR) is 132 cm³/mol. The van der Waals surface area contributed by atoms with Crippen molar-refractivity contribution in [2.45, 2.75) is 42.9 Å². The molecule has 0 bridgehead atoms. The van der Waals surface area contributed by atoms with E-state index >= 15 is 0 Å². The largest absolute Gasteiger partial charge is 0.341 e. The molecular formula is C27H28N2O3S. The number of nitrogens with zero attached hydrogens (tertiary/aromatic N) is 2. The third kappa shape index (κ3) is 4.40. The van der Waals surface area contributed by atoms with Crippen LogP contribution in [0, 0.1) is 0 Å². The van der Waals surface area contributed by atoms with Crippen molar-refractivity contribution in [1.29, 1.82) is 0 Å². The molecule has 3 aromatic carbocycles. The molecule has 0 unspecified atom stereocenters. The number of fused-ring (bicyclic) bond motifs is 2. The Morgan fingerprint density at radius 2 is 1.45 bits per heavy atom. The molecule has 1 aromatic heterocycles. The van der Waals surface area contributed by atoms with Gasteiger partial charge in [-0.2, -0.15) is 0 Å². The average Bonchev–Trinajstić information content (AvgIpc) is 2.99. The summed E-state index contributed by atoms with van der Waals surface area (Å²) in [5.41, 5.74) is 1.56. The van der Waals surface area contributed by atoms with Crippen LogP contribution in [0.25, 0.3) is 21.7 Å². The first-order valence-corrected chi connectivity index (χ1v) is 13.2. The number of likely N-dealkylation sites (tertiary alicyclic amines) is 1. The number of rotatable bonds is 5. The van der Waals surface area contributed by atoms with Crippen LogP contribution >= 0.6 is 0 Å². The Morgan fingerprint density at radius 3 is 2.24 bits per heavy atom. The van der Waals surface area contributed by atoms with Gasteiger partial charge in [-0.05, 0) is 35.2 Å². The van der Waals surface area contributed by atoms with Gasteiger partial charge in [-0.1, -0.05) is 73.5 Å². The molecule has 4 aromatic rings. The summed E-state index contributed by atoms with van der Waals surface area (Å²) in [6, 6.07) is 21.1. The highest BCUT2D eigenvalue weighted by molar-refractivity contribution is 7.91. The molecule has 0 aliphatic carbocycles. The molecule has 6 heteroatoms. The molecule has 0 radical (unpaired) electrons. The molecule has 1 fully saturated rings. The summed E-state index contributed by atoms with van der Waals surface area (Å²) in [6.07, 6.45) is 6.03. The zero-order valence-corrected chi connectivity index (χ0v) is 19.4. The second kappa shape index (κ2) is 9.02. The van der Waals surface area contributed by atoms with Crippen molar-refractivity contribution in [3.05, 3.63) is 78.5 Å². The lowest BCUT2D eigenvalue weighted by atomic mass is 10.1. The van der Waals surface area contributed by atoms with Crippen molar-refractivity contribution in [2.75, 3.05) is 13.1 Å². The van der Waals surface area contributed by atoms with Crippen molar-refractivity contribution < 1.29 is 13.2 Å². The number of hydrogen-bond donors (Lipinski definition) is 0. The van der Waals surface area contributed by atoms with Crippen molar-refractivity contribution in [3.8, 4) is 0 Å². The molecule has 1 saturated heterocycles. The fourth-order valence-corrected chi connectivity index (χ4v) is 6.47. The van der Waals surface area contributed by atoms with E-state index in [1.165, 1.54) is 0 Å². The number of sulfone groups is 1. The number of para-hydroxylation sites is 1. The molecule has 1 aliphatic heterocycles. The molecule has 2 heterocycles. The van der Waals surface area contributed by atoms with E-state index in [-0.39, 0.29) is 23.1 Å². The van der Waals surface area contributed by atoms with Gasteiger partial charge in [0.1, 0.15) is 6.54 Å². The Balaban J connectivity index is 1.49. The highest BCUT2D eigenvalue weighted by Crippen LogP contribution is 2.30. The Hall–Kier alpha value is -3.12. The van der Waals surface area contributed by atoms with Crippen molar-refractivity contribution in [2.24, 2.45) is 0 Å². The maximum atomic E-state index is 13.6. The zero-order valence-electron chi connectivity index (χ0n) is 18.6. The van der Waals surface area contributed by atoms with Gasteiger partial charge in [0.25, 0.3) is 0 Å². The highest BCUT2D eigenvalue weighted by atomic mass is 32.2. The Morgan fingerprint density at radius 1 is 0.788 bits per heavy atom. The van der Waals surface area contributed by atoms with E-state index in [4.69, 9.17) is 0 Å². The van der Waals surface area contributed by atoms with E-state index in [2.05, 4.69) is 0 Å². The molecular weight excluding hydrogens is 432 g/mol. The fraction of sp³-hybridized carbons (Fsp3) is 0.296. The molecule has 5 nitrogen and oxygen atoms in total. The van der Waals surface area contributed by atoms with Crippen molar-refractivity contribution >= 4 is 37.4 Å². The monoisotopic (exact) mass is 460 g/mol. The molecule has 33 heavy (non-hydrogen) atoms. The molecule has 0 atom stereocenters. The van der Waals surface area contributed by atoms with Gasteiger partial charge in [0.15, 0.2) is 9.84 Å². The maximum absolute atomic E-state index is 13.6. The van der Waals surface area contributed by atoms with Gasteiger partial charge in [0.2, 0.25) is 5.91 Å². The van der Waals surface area contributed by atoms with Gasteiger partial charge < -0.3 is 9.47 Å². The van der Waals surface area contributed by atoms with E-state index in [1.807, 2.05) is 71.6 Å². The smallest absolute Gasteiger partial charge is 0.242 e. The van der Waals surface area contributed by atoms with Crippen molar-refractivity contribution in [3.63, 3.8) is 0 Å². The minimum Gasteiger partial charge on any atom is -0.341 e. The number of amides is 1. The minimum atomic E-state index is -3.62. The molecule has 170 valence electrons. The topological polar surface area (TPSA) is 59.4 Å². The molecule has 0 spiro atoms. The van der Waals surface area contributed by atoms with Gasteiger partial charge in [-0.15, -0.1) is 0 Å². The first kappa shape index (κ1) is 21.7. The summed E-state index contributed by atoms with van der Waals surface area (Å²) in [6.45, 7) is 1.72. The van der Waals surface area contributed by atoms with Gasteiger partial charge in [-0.25, -0.2) is 8.42 Å². The predicted octanol–water partition coefficient (Wildman–Crippen LogP) is 5.17. The summed E-state index contributed by atoms with van der Waals surface area (Å²) in [4.78, 5) is 15.2. The van der Waals surface area contributed by atoms with E-state index in [1.54, 1.807) is 10.8 Å². The molecule has 1 aliphatic rings. The lowest BCUT2D eigenvalue weighted by molar-refractivity contribution is -0.131. The molecule has 5 rings (SSSR count). The lowest BCUT2D eigenvalue weighted by Crippen LogP contribution is -2.34. The molecule has 1 amide bonds. The minimum absolute atomic E-state index is 0.0515. The first-order valence-electron chi connectivity index (χ1n) is 11.6. The Bertz CT molecular complexity index is 1410. The van der Waals surface area contributed by atoms with Gasteiger partial charge in [-0.3, -0.25) is 4.79 Å². The Kier molecular flexibility index (Phi) is 5.94. The third-order valence-electron chi connectivity index (χ3n) is 6.58. The number of carbonyl (C=O) groups is 1. The summed E-state index contributed by atoms with van der Waals surface area (Å²) in [7, 11) is -3.62. The van der Waals surface area contributed by atoms with Crippen molar-refractivity contribution in [1.82, 2.24) is 9.47 Å². The fourth-order valence-electron chi connectivity index (χ4n) is 4.86. The standard InChI is InChI=1S/C27H28N2O3S/c30-27(28-16-7-1-2-8-17-28)19-29-18-26(24-14-5-6-15-25(24)29)33(31,32)20-22-12-9-11-21-10-3-4-13-23(21)22/h3-6,9-15,18H,1-2,7-8,16-17,19-20H2. The van der Waals surface area contributed by atoms with Crippen LogP contribution in [0.1, 0.15) is 31.2 Å². The van der Waals surface area contributed by atoms with E-state index in [9.17, 15) is 13.2 Å². The number of hydrogen-bond acceptors (Lipinski definition) is 3. The van der Waals surface area contributed by atoms with Crippen LogP contribution in [0.15, 0.2) is 77.8 Å². The summed E-state index contributed by atoms with van der Waals surface area (Å²) in [5, 5.41) is 2.64. The van der Waals surface area contributed by atoms with E-state index in [0.717, 1.165) is 60.6 Å². The maximum Gasteiger partial charge on any atom is 0.242 e. The average molecular weight is 461 g/mol. The number of aromatic nitrogens is 1. The second-order valence-electron chi connectivity index (χ2n) is 8.83. The third-order valence-corrected chi connectivity index (χ3v) is 8.26. The van der Waals surface area contributed by atoms with Crippen LogP contribution in [-0.4, -0.2) is 36.9 Å². The van der Waals surface area contributed by atoms with Crippen LogP contribution in [0.4, 0.5) is 0 Å². The van der Waals surface area contributed by atoms with Gasteiger partial charge in [0.05, 0.1) is 10.6 Å². The van der Waals surface area contributed by atoms with Crippen LogP contribution in [0.5, 0.6) is 0 Å². The van der Waals surface area contributed by atoms with Crippen LogP contribution in [0.2, 0.25) is 0 Å². The molecule has 0 N–H and O–H groups in total. The second-order valence-corrected chi connectivity index (χ2v) is 10.8. The molecule has 0 saturated carbocycles. The summed E-state index contributed by atoms with van der Waals surface area (Å²) < 4.78 is 29.0. The zero-order chi connectivity index (χ0) is 22.8. The van der Waals surface area contributed by atoms with Crippen LogP contribution in [-0.2, 0) is 26.9 Å². The number of carbonyl (C=O) groups excluding carboxylic acids is 1. The van der Waals surface area contributed by atoms with Gasteiger partial charge >= 0.3 is 0 Å². The van der Waals surface area contributed by atoms with Crippen LogP contribution in [0.3, 0.4) is 0 Å². The van der Waals surface area contributed by atoms with E-state index < -0.39 is 9.84 Å². The Labute approximate surface area is 194 Å². The normalized spacial score (nSPS) is 15.1. The lowest BCUT2D eigenvalue weighted by Gasteiger charge is -2.20. The van der Waals surface area contributed by atoms with Crippen LogP contribution < -0.4 is 0 Å². The summed E-state index contributed by atoms with van der Waals surface area (Å²) in [5.74, 6) is -0.0294. The highest BCUT2D eigenvalue weighted by Gasteiger charge is 2.24. The summed E-state index contributed by atoms with van der Waals surface area (Å²) >= 11 is 0. The van der Waals surface area contributed by atoms with Gasteiger partial charge in [0, 0.05) is 30.2 Å². The SMILES string of the molecule is O=C(Cn1cc(S(=O)(=O)Cc2cccc3ccccc23)c2ccccc21)N1CCCCCC1. The quantitative estimate of drug-likeness (QED) is 0.413. The number of benzene rings is 3. The van der Waals surface area contributed by atoms with E-state index in [0.29, 0.717) is 5.39 Å².